The molecule has 0 aliphatic rings. The van der Waals surface area contributed by atoms with Gasteiger partial charge in [0.1, 0.15) is 12.4 Å². The maximum Gasteiger partial charge on any atom is 0.122 e. The van der Waals surface area contributed by atoms with Gasteiger partial charge in [-0.3, -0.25) is 0 Å². The number of nitrogen functional groups attached to an aromatic ring is 1. The fourth-order valence-electron chi connectivity index (χ4n) is 2.16. The Morgan fingerprint density at radius 3 is 2.62 bits per heavy atom. The normalized spacial score (nSPS) is 10.5. The van der Waals surface area contributed by atoms with Gasteiger partial charge in [-0.15, -0.1) is 0 Å². The molecule has 1 aromatic heterocycles. The molecule has 0 saturated heterocycles. The average molecular weight is 279 g/mol. The summed E-state index contributed by atoms with van der Waals surface area (Å²) in [6.45, 7) is 2.52. The van der Waals surface area contributed by atoms with E-state index in [1.165, 1.54) is 0 Å². The number of anilines is 1. The lowest BCUT2D eigenvalue weighted by Gasteiger charge is -2.10. The molecule has 0 aliphatic carbocycles. The number of aryl methyl sites for hydroxylation is 1. The number of rotatable bonds is 4. The van der Waals surface area contributed by atoms with Crippen LogP contribution in [-0.2, 0) is 6.61 Å². The first-order valence-corrected chi connectivity index (χ1v) is 6.80. The maximum atomic E-state index is 5.83. The highest BCUT2D eigenvalue weighted by atomic mass is 16.5. The molecule has 0 unspecified atom stereocenters. The molecule has 0 bridgehead atoms. The van der Waals surface area contributed by atoms with Crippen LogP contribution in [-0.4, -0.2) is 9.78 Å². The van der Waals surface area contributed by atoms with Crippen LogP contribution in [0.2, 0.25) is 0 Å². The second-order valence-corrected chi connectivity index (χ2v) is 4.93. The number of nitrogens with zero attached hydrogens (tertiary/aromatic N) is 2. The lowest BCUT2D eigenvalue weighted by Crippen LogP contribution is -1.99. The topological polar surface area (TPSA) is 53.1 Å². The highest BCUT2D eigenvalue weighted by molar-refractivity contribution is 5.47. The Morgan fingerprint density at radius 1 is 1.14 bits per heavy atom. The van der Waals surface area contributed by atoms with E-state index >= 15 is 0 Å². The van der Waals surface area contributed by atoms with Gasteiger partial charge in [0.15, 0.2) is 0 Å². The summed E-state index contributed by atoms with van der Waals surface area (Å²) in [6.07, 6.45) is 3.68. The van der Waals surface area contributed by atoms with Crippen molar-refractivity contribution in [2.75, 3.05) is 5.73 Å². The van der Waals surface area contributed by atoms with Gasteiger partial charge in [-0.05, 0) is 54.4 Å². The predicted molar refractivity (Wildman–Crippen MR) is 83.5 cm³/mol. The van der Waals surface area contributed by atoms with Crippen LogP contribution in [0.4, 0.5) is 5.69 Å². The van der Waals surface area contributed by atoms with Crippen LogP contribution in [0.3, 0.4) is 0 Å². The second kappa shape index (κ2) is 5.71. The molecule has 4 nitrogen and oxygen atoms in total. The molecule has 0 aliphatic heterocycles. The van der Waals surface area contributed by atoms with Crippen LogP contribution in [0.1, 0.15) is 11.1 Å². The van der Waals surface area contributed by atoms with Crippen LogP contribution in [0.5, 0.6) is 5.75 Å². The minimum atomic E-state index is 0.532. The Morgan fingerprint density at radius 2 is 1.95 bits per heavy atom. The van der Waals surface area contributed by atoms with Gasteiger partial charge in [-0.25, -0.2) is 4.68 Å². The SMILES string of the molecule is Cc1cc(N)ccc1OCc1ccc(-n2cccn2)cc1. The zero-order valence-corrected chi connectivity index (χ0v) is 11.9. The Kier molecular flexibility index (Phi) is 3.60. The highest BCUT2D eigenvalue weighted by Gasteiger charge is 2.02. The third kappa shape index (κ3) is 3.05. The molecule has 3 rings (SSSR count). The van der Waals surface area contributed by atoms with Crippen LogP contribution >= 0.6 is 0 Å². The predicted octanol–water partition coefficient (Wildman–Crippen LogP) is 3.34. The van der Waals surface area contributed by atoms with E-state index in [1.807, 2.05) is 66.3 Å². The van der Waals surface area contributed by atoms with Crippen molar-refractivity contribution in [3.05, 3.63) is 72.1 Å². The van der Waals surface area contributed by atoms with Crippen molar-refractivity contribution in [3.8, 4) is 11.4 Å². The zero-order chi connectivity index (χ0) is 14.7. The van der Waals surface area contributed by atoms with Crippen molar-refractivity contribution in [2.45, 2.75) is 13.5 Å². The van der Waals surface area contributed by atoms with Gasteiger partial charge in [0.25, 0.3) is 0 Å². The molecule has 0 atom stereocenters. The van der Waals surface area contributed by atoms with Crippen LogP contribution in [0, 0.1) is 6.92 Å². The molecular formula is C17H17N3O. The number of hydrogen-bond donors (Lipinski definition) is 1. The molecule has 2 aromatic carbocycles. The van der Waals surface area contributed by atoms with Gasteiger partial charge in [0, 0.05) is 18.1 Å². The second-order valence-electron chi connectivity index (χ2n) is 4.93. The fraction of sp³-hybridized carbons (Fsp3) is 0.118. The molecule has 21 heavy (non-hydrogen) atoms. The minimum Gasteiger partial charge on any atom is -0.489 e. The number of ether oxygens (including phenoxy) is 1. The van der Waals surface area contributed by atoms with E-state index < -0.39 is 0 Å². The molecule has 1 heterocycles. The Balaban J connectivity index is 1.68. The van der Waals surface area contributed by atoms with Gasteiger partial charge in [0.05, 0.1) is 5.69 Å². The largest absolute Gasteiger partial charge is 0.489 e. The summed E-state index contributed by atoms with van der Waals surface area (Å²) in [5, 5.41) is 4.20. The molecule has 3 aromatic rings. The van der Waals surface area contributed by atoms with Crippen molar-refractivity contribution in [2.24, 2.45) is 0 Å². The maximum absolute atomic E-state index is 5.83. The molecule has 0 amide bonds. The van der Waals surface area contributed by atoms with E-state index in [0.29, 0.717) is 6.61 Å². The van der Waals surface area contributed by atoms with Crippen molar-refractivity contribution >= 4 is 5.69 Å². The first-order chi connectivity index (χ1) is 10.2. The summed E-state index contributed by atoms with van der Waals surface area (Å²) in [5.41, 5.74) is 9.68. The molecule has 2 N–H and O–H groups in total. The third-order valence-electron chi connectivity index (χ3n) is 3.30. The van der Waals surface area contributed by atoms with Gasteiger partial charge in [0.2, 0.25) is 0 Å². The molecule has 0 radical (unpaired) electrons. The summed E-state index contributed by atoms with van der Waals surface area (Å²) in [4.78, 5) is 0. The van der Waals surface area contributed by atoms with Crippen molar-refractivity contribution in [1.82, 2.24) is 9.78 Å². The monoisotopic (exact) mass is 279 g/mol. The van der Waals surface area contributed by atoms with Gasteiger partial charge >= 0.3 is 0 Å². The summed E-state index contributed by atoms with van der Waals surface area (Å²) < 4.78 is 7.66. The lowest BCUT2D eigenvalue weighted by molar-refractivity contribution is 0.304. The smallest absolute Gasteiger partial charge is 0.122 e. The number of hydrogen-bond acceptors (Lipinski definition) is 3. The molecule has 4 heteroatoms. The summed E-state index contributed by atoms with van der Waals surface area (Å²) in [7, 11) is 0. The standard InChI is InChI=1S/C17H17N3O/c1-13-11-15(18)5-8-17(13)21-12-14-3-6-16(7-4-14)20-10-2-9-19-20/h2-11H,12,18H2,1H3. The van der Waals surface area contributed by atoms with Gasteiger partial charge in [-0.2, -0.15) is 5.10 Å². The summed E-state index contributed by atoms with van der Waals surface area (Å²) >= 11 is 0. The number of aromatic nitrogens is 2. The van der Waals surface area contributed by atoms with Crippen molar-refractivity contribution in [1.29, 1.82) is 0 Å². The summed E-state index contributed by atoms with van der Waals surface area (Å²) in [6, 6.07) is 15.7. The first kappa shape index (κ1) is 13.2. The zero-order valence-electron chi connectivity index (χ0n) is 11.9. The third-order valence-corrected chi connectivity index (χ3v) is 3.30. The van der Waals surface area contributed by atoms with E-state index in [1.54, 1.807) is 6.20 Å². The molecule has 106 valence electrons. The van der Waals surface area contributed by atoms with Gasteiger partial charge < -0.3 is 10.5 Å². The van der Waals surface area contributed by atoms with E-state index in [0.717, 1.165) is 28.3 Å². The van der Waals surface area contributed by atoms with Crippen LogP contribution in [0.15, 0.2) is 60.9 Å². The fourth-order valence-corrected chi connectivity index (χ4v) is 2.16. The minimum absolute atomic E-state index is 0.532. The van der Waals surface area contributed by atoms with E-state index in [4.69, 9.17) is 10.5 Å². The Labute approximate surface area is 123 Å². The van der Waals surface area contributed by atoms with Crippen LogP contribution in [0.25, 0.3) is 5.69 Å². The van der Waals surface area contributed by atoms with E-state index in [-0.39, 0.29) is 0 Å². The van der Waals surface area contributed by atoms with Crippen molar-refractivity contribution < 1.29 is 4.74 Å². The Hall–Kier alpha value is -2.75. The molecule has 0 fully saturated rings. The van der Waals surface area contributed by atoms with Crippen molar-refractivity contribution in [3.63, 3.8) is 0 Å². The number of nitrogens with two attached hydrogens (primary N) is 1. The van der Waals surface area contributed by atoms with E-state index in [2.05, 4.69) is 5.10 Å². The summed E-state index contributed by atoms with van der Waals surface area (Å²) in [5.74, 6) is 0.861. The quantitative estimate of drug-likeness (QED) is 0.745. The molecular weight excluding hydrogens is 262 g/mol. The highest BCUT2D eigenvalue weighted by Crippen LogP contribution is 2.21. The van der Waals surface area contributed by atoms with Gasteiger partial charge in [-0.1, -0.05) is 12.1 Å². The molecule has 0 saturated carbocycles. The average Bonchev–Trinajstić information content (AvgIpc) is 3.01. The first-order valence-electron chi connectivity index (χ1n) is 6.80. The number of benzene rings is 2. The van der Waals surface area contributed by atoms with Crippen LogP contribution < -0.4 is 10.5 Å². The molecule has 0 spiro atoms. The Bertz CT molecular complexity index is 718. The van der Waals surface area contributed by atoms with E-state index in [9.17, 15) is 0 Å². The lowest BCUT2D eigenvalue weighted by atomic mass is 10.2.